The van der Waals surface area contributed by atoms with E-state index in [-0.39, 0.29) is 5.91 Å². The molecule has 35 heavy (non-hydrogen) atoms. The second-order valence-corrected chi connectivity index (χ2v) is 8.58. The Labute approximate surface area is 206 Å². The van der Waals surface area contributed by atoms with Crippen molar-refractivity contribution in [2.75, 3.05) is 26.9 Å². The zero-order chi connectivity index (χ0) is 24.6. The number of methoxy groups -OCH3 is 1. The maximum Gasteiger partial charge on any atom is 0.220 e. The predicted molar refractivity (Wildman–Crippen MR) is 140 cm³/mol. The number of rotatable bonds is 11. The lowest BCUT2D eigenvalue weighted by molar-refractivity contribution is -0.121. The van der Waals surface area contributed by atoms with Gasteiger partial charge in [-0.1, -0.05) is 42.0 Å². The van der Waals surface area contributed by atoms with Crippen molar-refractivity contribution in [3.63, 3.8) is 0 Å². The molecule has 0 saturated carbocycles. The van der Waals surface area contributed by atoms with Gasteiger partial charge in [0.1, 0.15) is 11.4 Å². The number of aromatic nitrogens is 2. The van der Waals surface area contributed by atoms with Gasteiger partial charge < -0.3 is 19.2 Å². The number of carbonyl (C=O) groups excluding carboxylic acids is 1. The summed E-state index contributed by atoms with van der Waals surface area (Å²) in [6.45, 7) is 5.94. The highest BCUT2D eigenvalue weighted by molar-refractivity contribution is 5.77. The summed E-state index contributed by atoms with van der Waals surface area (Å²) in [6, 6.07) is 20.6. The number of benzene rings is 2. The molecule has 0 fully saturated rings. The number of ether oxygens (including phenoxy) is 2. The van der Waals surface area contributed by atoms with Crippen LogP contribution in [0.2, 0.25) is 0 Å². The molecule has 0 saturated heterocycles. The SMILES string of the molecule is CCOc1cccc(-c2ccc3nc(-c4ccc(C)cc4)c(CCC(=O)NCCCOC)n3c2)c1. The maximum absolute atomic E-state index is 12.5. The van der Waals surface area contributed by atoms with Gasteiger partial charge in [0, 0.05) is 38.4 Å². The summed E-state index contributed by atoms with van der Waals surface area (Å²) in [4.78, 5) is 17.5. The minimum Gasteiger partial charge on any atom is -0.494 e. The highest BCUT2D eigenvalue weighted by Crippen LogP contribution is 2.29. The topological polar surface area (TPSA) is 64.9 Å². The number of hydrogen-bond donors (Lipinski definition) is 1. The van der Waals surface area contributed by atoms with Gasteiger partial charge in [0.2, 0.25) is 5.91 Å². The Morgan fingerprint density at radius 2 is 1.83 bits per heavy atom. The molecule has 4 rings (SSSR count). The van der Waals surface area contributed by atoms with E-state index in [9.17, 15) is 4.79 Å². The Bertz CT molecular complexity index is 1280. The van der Waals surface area contributed by atoms with Gasteiger partial charge in [-0.05, 0) is 62.1 Å². The van der Waals surface area contributed by atoms with Crippen molar-refractivity contribution in [3.8, 4) is 28.1 Å². The Kier molecular flexibility index (Phi) is 8.16. The quantitative estimate of drug-likeness (QED) is 0.295. The molecule has 0 bridgehead atoms. The van der Waals surface area contributed by atoms with Crippen LogP contribution in [0.25, 0.3) is 28.0 Å². The zero-order valence-corrected chi connectivity index (χ0v) is 20.7. The summed E-state index contributed by atoms with van der Waals surface area (Å²) < 4.78 is 12.9. The van der Waals surface area contributed by atoms with Crippen molar-refractivity contribution in [2.45, 2.75) is 33.1 Å². The molecule has 6 heteroatoms. The van der Waals surface area contributed by atoms with Gasteiger partial charge >= 0.3 is 0 Å². The molecule has 0 unspecified atom stereocenters. The second-order valence-electron chi connectivity index (χ2n) is 8.58. The third kappa shape index (κ3) is 6.08. The van der Waals surface area contributed by atoms with Crippen LogP contribution in [0, 0.1) is 6.92 Å². The first kappa shape index (κ1) is 24.5. The first-order chi connectivity index (χ1) is 17.1. The fraction of sp³-hybridized carbons (Fsp3) is 0.310. The minimum atomic E-state index is 0.0338. The molecule has 0 radical (unpaired) electrons. The third-order valence-electron chi connectivity index (χ3n) is 5.96. The average molecular weight is 472 g/mol. The average Bonchev–Trinajstić information content (AvgIpc) is 3.24. The number of carbonyl (C=O) groups is 1. The summed E-state index contributed by atoms with van der Waals surface area (Å²) >= 11 is 0. The Morgan fingerprint density at radius 3 is 2.60 bits per heavy atom. The molecule has 6 nitrogen and oxygen atoms in total. The molecule has 182 valence electrons. The fourth-order valence-electron chi connectivity index (χ4n) is 4.14. The Balaban J connectivity index is 1.68. The first-order valence-corrected chi connectivity index (χ1v) is 12.2. The standard InChI is InChI=1S/C29H33N3O3/c1-4-35-25-8-5-7-23(19-25)24-13-15-27-31-29(22-11-9-21(2)10-12-22)26(32(27)20-24)14-16-28(33)30-17-6-18-34-3/h5,7-13,15,19-20H,4,6,14,16-18H2,1-3H3,(H,30,33). The van der Waals surface area contributed by atoms with Crippen molar-refractivity contribution in [3.05, 3.63) is 78.1 Å². The molecule has 2 aromatic heterocycles. The number of pyridine rings is 1. The van der Waals surface area contributed by atoms with E-state index in [0.29, 0.717) is 32.6 Å². The summed E-state index contributed by atoms with van der Waals surface area (Å²) in [7, 11) is 1.67. The lowest BCUT2D eigenvalue weighted by Crippen LogP contribution is -2.25. The van der Waals surface area contributed by atoms with Gasteiger partial charge in [-0.2, -0.15) is 0 Å². The highest BCUT2D eigenvalue weighted by atomic mass is 16.5. The molecule has 2 aromatic carbocycles. The van der Waals surface area contributed by atoms with Gasteiger partial charge in [0.05, 0.1) is 18.0 Å². The molecule has 1 amide bonds. The van der Waals surface area contributed by atoms with Crippen LogP contribution in [0.1, 0.15) is 31.0 Å². The number of fused-ring (bicyclic) bond motifs is 1. The first-order valence-electron chi connectivity index (χ1n) is 12.2. The van der Waals surface area contributed by atoms with Crippen LogP contribution >= 0.6 is 0 Å². The lowest BCUT2D eigenvalue weighted by Gasteiger charge is -2.10. The molecular formula is C29H33N3O3. The van der Waals surface area contributed by atoms with Gasteiger partial charge in [-0.15, -0.1) is 0 Å². The predicted octanol–water partition coefficient (Wildman–Crippen LogP) is 5.46. The number of imidazole rings is 1. The lowest BCUT2D eigenvalue weighted by atomic mass is 10.1. The third-order valence-corrected chi connectivity index (χ3v) is 5.96. The molecule has 2 heterocycles. The molecule has 0 spiro atoms. The largest absolute Gasteiger partial charge is 0.494 e. The van der Waals surface area contributed by atoms with Gasteiger partial charge in [-0.3, -0.25) is 4.79 Å². The van der Waals surface area contributed by atoms with Crippen LogP contribution in [0.4, 0.5) is 0 Å². The van der Waals surface area contributed by atoms with Crippen LogP contribution in [0.5, 0.6) is 5.75 Å². The van der Waals surface area contributed by atoms with Crippen LogP contribution in [-0.4, -0.2) is 42.2 Å². The number of nitrogens with zero attached hydrogens (tertiary/aromatic N) is 2. The molecule has 0 atom stereocenters. The number of nitrogens with one attached hydrogen (secondary N) is 1. The number of aryl methyl sites for hydroxylation is 2. The van der Waals surface area contributed by atoms with Gasteiger partial charge in [-0.25, -0.2) is 4.98 Å². The van der Waals surface area contributed by atoms with E-state index in [1.165, 1.54) is 5.56 Å². The van der Waals surface area contributed by atoms with Crippen molar-refractivity contribution in [1.29, 1.82) is 0 Å². The molecule has 1 N–H and O–H groups in total. The molecular weight excluding hydrogens is 438 g/mol. The van der Waals surface area contributed by atoms with Crippen LogP contribution < -0.4 is 10.1 Å². The van der Waals surface area contributed by atoms with Crippen molar-refractivity contribution in [1.82, 2.24) is 14.7 Å². The summed E-state index contributed by atoms with van der Waals surface area (Å²) in [6.07, 6.45) is 3.89. The van der Waals surface area contributed by atoms with Gasteiger partial charge in [0.15, 0.2) is 0 Å². The van der Waals surface area contributed by atoms with Crippen LogP contribution in [0.15, 0.2) is 66.9 Å². The molecule has 0 aliphatic heterocycles. The molecule has 0 aliphatic rings. The number of amides is 1. The van der Waals surface area contributed by atoms with E-state index >= 15 is 0 Å². The summed E-state index contributed by atoms with van der Waals surface area (Å²) in [5.41, 5.74) is 7.19. The van der Waals surface area contributed by atoms with E-state index in [0.717, 1.165) is 45.9 Å². The molecule has 0 aliphatic carbocycles. The monoisotopic (exact) mass is 471 g/mol. The van der Waals surface area contributed by atoms with Crippen LogP contribution in [-0.2, 0) is 16.0 Å². The van der Waals surface area contributed by atoms with Crippen molar-refractivity contribution < 1.29 is 14.3 Å². The van der Waals surface area contributed by atoms with Crippen molar-refractivity contribution >= 4 is 11.6 Å². The van der Waals surface area contributed by atoms with E-state index in [1.54, 1.807) is 7.11 Å². The van der Waals surface area contributed by atoms with Crippen molar-refractivity contribution in [2.24, 2.45) is 0 Å². The van der Waals surface area contributed by atoms with Gasteiger partial charge in [0.25, 0.3) is 0 Å². The van der Waals surface area contributed by atoms with Crippen LogP contribution in [0.3, 0.4) is 0 Å². The zero-order valence-electron chi connectivity index (χ0n) is 20.7. The smallest absolute Gasteiger partial charge is 0.220 e. The Hall–Kier alpha value is -3.64. The number of hydrogen-bond acceptors (Lipinski definition) is 4. The second kappa shape index (κ2) is 11.7. The maximum atomic E-state index is 12.5. The normalized spacial score (nSPS) is 11.1. The highest BCUT2D eigenvalue weighted by Gasteiger charge is 2.16. The summed E-state index contributed by atoms with van der Waals surface area (Å²) in [5, 5.41) is 2.99. The van der Waals surface area contributed by atoms with E-state index in [1.807, 2.05) is 25.1 Å². The van der Waals surface area contributed by atoms with E-state index in [4.69, 9.17) is 14.5 Å². The fourth-order valence-corrected chi connectivity index (χ4v) is 4.14. The minimum absolute atomic E-state index is 0.0338. The molecule has 4 aromatic rings. The Morgan fingerprint density at radius 1 is 1.03 bits per heavy atom. The summed E-state index contributed by atoms with van der Waals surface area (Å²) in [5.74, 6) is 0.882. The van der Waals surface area contributed by atoms with E-state index in [2.05, 4.69) is 65.3 Å². The van der Waals surface area contributed by atoms with E-state index < -0.39 is 0 Å².